The van der Waals surface area contributed by atoms with Gasteiger partial charge in [0.15, 0.2) is 0 Å². The fourth-order valence-corrected chi connectivity index (χ4v) is 2.95. The van der Waals surface area contributed by atoms with Crippen LogP contribution in [0, 0.1) is 11.6 Å². The molecule has 0 aliphatic rings. The first kappa shape index (κ1) is 15.9. The lowest BCUT2D eigenvalue weighted by Gasteiger charge is -2.24. The zero-order chi connectivity index (χ0) is 15.2. The van der Waals surface area contributed by atoms with Crippen LogP contribution in [0.3, 0.4) is 0 Å². The molecule has 5 heteroatoms. The lowest BCUT2D eigenvalue weighted by molar-refractivity contribution is 0.565. The van der Waals surface area contributed by atoms with Crippen LogP contribution in [0.1, 0.15) is 24.3 Å². The lowest BCUT2D eigenvalue weighted by atomic mass is 10.1. The van der Waals surface area contributed by atoms with Gasteiger partial charge in [0.1, 0.15) is 17.3 Å². The molecule has 0 amide bonds. The van der Waals surface area contributed by atoms with E-state index in [1.54, 1.807) is 16.2 Å². The summed E-state index contributed by atoms with van der Waals surface area (Å²) >= 11 is 1.59. The summed E-state index contributed by atoms with van der Waals surface area (Å²) in [7, 11) is 0. The highest BCUT2D eigenvalue weighted by Gasteiger charge is 2.17. The van der Waals surface area contributed by atoms with Crippen molar-refractivity contribution in [2.24, 2.45) is 0 Å². The number of nitrogens with one attached hydrogen (secondary N) is 1. The molecule has 1 aromatic carbocycles. The highest BCUT2D eigenvalue weighted by atomic mass is 32.1. The molecule has 0 aliphatic heterocycles. The second kappa shape index (κ2) is 7.52. The fourth-order valence-electron chi connectivity index (χ4n) is 2.23. The van der Waals surface area contributed by atoms with E-state index < -0.39 is 11.6 Å². The van der Waals surface area contributed by atoms with Crippen molar-refractivity contribution in [3.63, 3.8) is 0 Å². The maximum Gasteiger partial charge on any atom is 0.149 e. The number of hydrogen-bond donors (Lipinski definition) is 1. The third kappa shape index (κ3) is 4.02. The minimum Gasteiger partial charge on any atom is -0.362 e. The molecule has 0 atom stereocenters. The first-order valence-electron chi connectivity index (χ1n) is 7.11. The van der Waals surface area contributed by atoms with E-state index >= 15 is 0 Å². The first-order valence-corrected chi connectivity index (χ1v) is 7.99. The maximum atomic E-state index is 14.3. The Bertz CT molecular complexity index is 547. The monoisotopic (exact) mass is 310 g/mol. The van der Waals surface area contributed by atoms with Crippen molar-refractivity contribution < 1.29 is 8.78 Å². The van der Waals surface area contributed by atoms with Crippen LogP contribution in [0.2, 0.25) is 0 Å². The highest BCUT2D eigenvalue weighted by molar-refractivity contribution is 7.09. The van der Waals surface area contributed by atoms with E-state index in [9.17, 15) is 8.78 Å². The molecule has 0 spiro atoms. The van der Waals surface area contributed by atoms with Gasteiger partial charge in [-0.25, -0.2) is 8.78 Å². The number of nitrogens with zero attached hydrogens (tertiary/aromatic N) is 1. The van der Waals surface area contributed by atoms with Crippen molar-refractivity contribution in [2.75, 3.05) is 18.0 Å². The number of thiophene rings is 1. The summed E-state index contributed by atoms with van der Waals surface area (Å²) in [6.45, 7) is 6.18. The van der Waals surface area contributed by atoms with Crippen LogP contribution in [0.15, 0.2) is 29.6 Å². The molecule has 0 unspecified atom stereocenters. The van der Waals surface area contributed by atoms with Gasteiger partial charge >= 0.3 is 0 Å². The standard InChI is InChI=1S/C16H20F2N2S/c1-3-19-10-12-8-14(17)16(15(18)9-12)20(4-2)11-13-6-5-7-21-13/h5-9,19H,3-4,10-11H2,1-2H3. The highest BCUT2D eigenvalue weighted by Crippen LogP contribution is 2.27. The van der Waals surface area contributed by atoms with Crippen LogP contribution in [-0.4, -0.2) is 13.1 Å². The Morgan fingerprint density at radius 1 is 1.19 bits per heavy atom. The molecule has 0 aliphatic carbocycles. The summed E-state index contributed by atoms with van der Waals surface area (Å²) in [5, 5.41) is 5.04. The number of hydrogen-bond acceptors (Lipinski definition) is 3. The third-order valence-corrected chi connectivity index (χ3v) is 4.14. The molecule has 0 bridgehead atoms. The Balaban J connectivity index is 2.24. The van der Waals surface area contributed by atoms with E-state index in [1.165, 1.54) is 12.1 Å². The zero-order valence-electron chi connectivity index (χ0n) is 12.3. The van der Waals surface area contributed by atoms with Crippen LogP contribution < -0.4 is 10.2 Å². The smallest absolute Gasteiger partial charge is 0.149 e. The molecule has 1 N–H and O–H groups in total. The van der Waals surface area contributed by atoms with Gasteiger partial charge in [-0.05, 0) is 42.6 Å². The van der Waals surface area contributed by atoms with Crippen LogP contribution in [0.4, 0.5) is 14.5 Å². The third-order valence-electron chi connectivity index (χ3n) is 3.28. The van der Waals surface area contributed by atoms with E-state index in [1.807, 2.05) is 31.4 Å². The molecule has 0 radical (unpaired) electrons. The van der Waals surface area contributed by atoms with Gasteiger partial charge in [0.05, 0.1) is 6.54 Å². The lowest BCUT2D eigenvalue weighted by Crippen LogP contribution is -2.24. The average molecular weight is 310 g/mol. The van der Waals surface area contributed by atoms with Crippen LogP contribution in [-0.2, 0) is 13.1 Å². The fraction of sp³-hybridized carbons (Fsp3) is 0.375. The summed E-state index contributed by atoms with van der Waals surface area (Å²) in [6.07, 6.45) is 0. The molecule has 0 saturated carbocycles. The van der Waals surface area contributed by atoms with Gasteiger partial charge in [-0.2, -0.15) is 0 Å². The molecular formula is C16H20F2N2S. The van der Waals surface area contributed by atoms with Crippen LogP contribution >= 0.6 is 11.3 Å². The van der Waals surface area contributed by atoms with E-state index in [0.29, 0.717) is 25.2 Å². The Hall–Kier alpha value is -1.46. The second-order valence-electron chi connectivity index (χ2n) is 4.78. The normalized spacial score (nSPS) is 10.9. The zero-order valence-corrected chi connectivity index (χ0v) is 13.1. The average Bonchev–Trinajstić information content (AvgIpc) is 2.96. The minimum atomic E-state index is -0.499. The number of halogens is 2. The van der Waals surface area contributed by atoms with E-state index in [0.717, 1.165) is 11.4 Å². The van der Waals surface area contributed by atoms with E-state index in [-0.39, 0.29) is 5.69 Å². The summed E-state index contributed by atoms with van der Waals surface area (Å²) in [4.78, 5) is 2.82. The van der Waals surface area contributed by atoms with Crippen LogP contribution in [0.25, 0.3) is 0 Å². The first-order chi connectivity index (χ1) is 10.2. The molecule has 2 nitrogen and oxygen atoms in total. The molecule has 0 fully saturated rings. The van der Waals surface area contributed by atoms with Crippen LogP contribution in [0.5, 0.6) is 0 Å². The van der Waals surface area contributed by atoms with Gasteiger partial charge in [-0.1, -0.05) is 13.0 Å². The topological polar surface area (TPSA) is 15.3 Å². The molecule has 2 rings (SSSR count). The molecule has 114 valence electrons. The summed E-state index contributed by atoms with van der Waals surface area (Å²) in [5.74, 6) is -0.998. The number of rotatable bonds is 7. The number of anilines is 1. The second-order valence-corrected chi connectivity index (χ2v) is 5.81. The Morgan fingerprint density at radius 3 is 2.43 bits per heavy atom. The van der Waals surface area contributed by atoms with Crippen molar-refractivity contribution >= 4 is 17.0 Å². The predicted molar refractivity (Wildman–Crippen MR) is 84.8 cm³/mol. The van der Waals surface area contributed by atoms with Crippen molar-refractivity contribution in [1.29, 1.82) is 0 Å². The SMILES string of the molecule is CCNCc1cc(F)c(N(CC)Cc2cccs2)c(F)c1. The Labute approximate surface area is 128 Å². The predicted octanol–water partition coefficient (Wildman–Crippen LogP) is 4.16. The maximum absolute atomic E-state index is 14.3. The Morgan fingerprint density at radius 2 is 1.90 bits per heavy atom. The van der Waals surface area contributed by atoms with Gasteiger partial charge in [-0.3, -0.25) is 0 Å². The summed E-state index contributed by atoms with van der Waals surface area (Å²) < 4.78 is 28.6. The van der Waals surface area contributed by atoms with Crippen molar-refractivity contribution in [2.45, 2.75) is 26.9 Å². The van der Waals surface area contributed by atoms with Crippen molar-refractivity contribution in [3.8, 4) is 0 Å². The minimum absolute atomic E-state index is 0.0612. The van der Waals surface area contributed by atoms with Gasteiger partial charge in [0.25, 0.3) is 0 Å². The van der Waals surface area contributed by atoms with E-state index in [4.69, 9.17) is 0 Å². The summed E-state index contributed by atoms with van der Waals surface area (Å²) in [6, 6.07) is 6.75. The van der Waals surface area contributed by atoms with Gasteiger partial charge < -0.3 is 10.2 Å². The Kier molecular flexibility index (Phi) is 5.70. The van der Waals surface area contributed by atoms with Gasteiger partial charge in [0.2, 0.25) is 0 Å². The molecule has 2 aromatic rings. The largest absolute Gasteiger partial charge is 0.362 e. The number of benzene rings is 1. The van der Waals surface area contributed by atoms with Crippen molar-refractivity contribution in [1.82, 2.24) is 5.32 Å². The van der Waals surface area contributed by atoms with Crippen molar-refractivity contribution in [3.05, 3.63) is 51.7 Å². The van der Waals surface area contributed by atoms with Gasteiger partial charge in [-0.15, -0.1) is 11.3 Å². The quantitative estimate of drug-likeness (QED) is 0.826. The molecule has 21 heavy (non-hydrogen) atoms. The molecule has 0 saturated heterocycles. The van der Waals surface area contributed by atoms with E-state index in [2.05, 4.69) is 5.32 Å². The molecular weight excluding hydrogens is 290 g/mol. The molecule has 1 aromatic heterocycles. The molecule has 1 heterocycles. The summed E-state index contributed by atoms with van der Waals surface area (Å²) in [5.41, 5.74) is 0.689. The van der Waals surface area contributed by atoms with Gasteiger partial charge in [0, 0.05) is 18.0 Å².